The zero-order chi connectivity index (χ0) is 16.4. The van der Waals surface area contributed by atoms with E-state index >= 15 is 0 Å². The lowest BCUT2D eigenvalue weighted by Gasteiger charge is -2.15. The van der Waals surface area contributed by atoms with E-state index in [-0.39, 0.29) is 12.4 Å². The lowest BCUT2D eigenvalue weighted by atomic mass is 10.1. The number of aromatic nitrogens is 1. The van der Waals surface area contributed by atoms with Crippen LogP contribution >= 0.6 is 24.0 Å². The van der Waals surface area contributed by atoms with Gasteiger partial charge in [0.1, 0.15) is 11.8 Å². The molecule has 0 saturated heterocycles. The van der Waals surface area contributed by atoms with E-state index < -0.39 is 0 Å². The van der Waals surface area contributed by atoms with Crippen molar-refractivity contribution < 1.29 is 4.74 Å². The number of nitriles is 1. The molecule has 122 valence electrons. The highest BCUT2D eigenvalue weighted by molar-refractivity contribution is 6.31. The average molecular weight is 360 g/mol. The van der Waals surface area contributed by atoms with Crippen molar-refractivity contribution in [1.29, 1.82) is 5.26 Å². The number of aryl methyl sites for hydroxylation is 1. The van der Waals surface area contributed by atoms with Crippen LogP contribution in [0, 0.1) is 18.3 Å². The molecular weight excluding hydrogens is 345 g/mol. The average Bonchev–Trinajstić information content (AvgIpc) is 2.55. The van der Waals surface area contributed by atoms with Crippen molar-refractivity contribution in [2.75, 3.05) is 12.4 Å². The van der Waals surface area contributed by atoms with Gasteiger partial charge in [0.2, 0.25) is 0 Å². The second kappa shape index (κ2) is 7.39. The Bertz CT molecular complexity index is 935. The fourth-order valence-electron chi connectivity index (χ4n) is 2.44. The molecule has 0 bridgehead atoms. The lowest BCUT2D eigenvalue weighted by molar-refractivity contribution is 0.417. The zero-order valence-electron chi connectivity index (χ0n) is 13.1. The van der Waals surface area contributed by atoms with E-state index in [0.717, 1.165) is 16.5 Å². The Morgan fingerprint density at radius 2 is 2.00 bits per heavy atom. The molecule has 2 aromatic carbocycles. The van der Waals surface area contributed by atoms with Gasteiger partial charge < -0.3 is 10.1 Å². The van der Waals surface area contributed by atoms with E-state index in [4.69, 9.17) is 16.3 Å². The number of nitrogens with zero attached hydrogens (tertiary/aromatic N) is 2. The summed E-state index contributed by atoms with van der Waals surface area (Å²) in [4.78, 5) is 4.34. The van der Waals surface area contributed by atoms with Crippen LogP contribution in [-0.4, -0.2) is 12.1 Å². The molecule has 0 radical (unpaired) electrons. The number of pyridine rings is 1. The smallest absolute Gasteiger partial charge is 0.142 e. The minimum atomic E-state index is 0. The summed E-state index contributed by atoms with van der Waals surface area (Å²) in [6.45, 7) is 2.00. The lowest BCUT2D eigenvalue weighted by Crippen LogP contribution is -1.99. The van der Waals surface area contributed by atoms with E-state index in [0.29, 0.717) is 27.7 Å². The van der Waals surface area contributed by atoms with Crippen LogP contribution in [0.5, 0.6) is 5.75 Å². The van der Waals surface area contributed by atoms with Crippen LogP contribution in [0.2, 0.25) is 5.02 Å². The Morgan fingerprint density at radius 1 is 1.21 bits per heavy atom. The van der Waals surface area contributed by atoms with Crippen molar-refractivity contribution in [1.82, 2.24) is 4.98 Å². The minimum absolute atomic E-state index is 0. The molecule has 4 nitrogen and oxygen atoms in total. The summed E-state index contributed by atoms with van der Waals surface area (Å²) in [7, 11) is 1.59. The third-order valence-corrected chi connectivity index (χ3v) is 3.80. The Kier molecular flexibility index (Phi) is 5.50. The Hall–Kier alpha value is -2.48. The van der Waals surface area contributed by atoms with Gasteiger partial charge in [-0.3, -0.25) is 4.98 Å². The normalized spacial score (nSPS) is 9.92. The first-order valence-electron chi connectivity index (χ1n) is 7.02. The fourth-order valence-corrected chi connectivity index (χ4v) is 2.61. The van der Waals surface area contributed by atoms with Gasteiger partial charge in [-0.2, -0.15) is 5.26 Å². The molecule has 24 heavy (non-hydrogen) atoms. The number of halogens is 2. The molecule has 0 amide bonds. The molecule has 0 aliphatic heterocycles. The van der Waals surface area contributed by atoms with Crippen molar-refractivity contribution in [2.24, 2.45) is 0 Å². The summed E-state index contributed by atoms with van der Waals surface area (Å²) in [6, 6.07) is 13.4. The molecule has 1 N–H and O–H groups in total. The molecule has 0 aliphatic rings. The molecule has 6 heteroatoms. The van der Waals surface area contributed by atoms with Crippen molar-refractivity contribution in [2.45, 2.75) is 6.92 Å². The Labute approximate surface area is 151 Å². The number of anilines is 2. The highest BCUT2D eigenvalue weighted by atomic mass is 35.5. The summed E-state index contributed by atoms with van der Waals surface area (Å²) in [5.41, 5.74) is 3.77. The Balaban J connectivity index is 0.00000208. The largest absolute Gasteiger partial charge is 0.495 e. The molecule has 0 aliphatic carbocycles. The Morgan fingerprint density at radius 3 is 2.71 bits per heavy atom. The molecule has 3 aromatic rings. The number of hydrogen-bond acceptors (Lipinski definition) is 4. The maximum Gasteiger partial charge on any atom is 0.142 e. The summed E-state index contributed by atoms with van der Waals surface area (Å²) in [5.74, 6) is 0.649. The number of fused-ring (bicyclic) bond motifs is 1. The number of rotatable bonds is 3. The van der Waals surface area contributed by atoms with Crippen molar-refractivity contribution in [3.05, 3.63) is 58.7 Å². The monoisotopic (exact) mass is 359 g/mol. The van der Waals surface area contributed by atoms with E-state index in [1.165, 1.54) is 0 Å². The highest BCUT2D eigenvalue weighted by Crippen LogP contribution is 2.34. The number of benzene rings is 2. The fraction of sp³-hybridized carbons (Fsp3) is 0.111. The summed E-state index contributed by atoms with van der Waals surface area (Å²) >= 11 is 6.08. The van der Waals surface area contributed by atoms with Gasteiger partial charge in [0.05, 0.1) is 29.6 Å². The van der Waals surface area contributed by atoms with Gasteiger partial charge >= 0.3 is 0 Å². The van der Waals surface area contributed by atoms with Crippen molar-refractivity contribution >= 4 is 46.3 Å². The first kappa shape index (κ1) is 17.9. The molecule has 0 unspecified atom stereocenters. The van der Waals surface area contributed by atoms with Crippen LogP contribution in [-0.2, 0) is 0 Å². The standard InChI is InChI=1S/C18H14ClN3O.ClH/c1-11-3-5-15-14(7-11)18(12(9-20)10-21-15)22-16-8-13(19)4-6-17(16)23-2;/h3-8,10H,1-2H3,(H,21,22);1H. The van der Waals surface area contributed by atoms with Crippen LogP contribution in [0.3, 0.4) is 0 Å². The SMILES string of the molecule is COc1ccc(Cl)cc1Nc1c(C#N)cnc2ccc(C)cc12.Cl. The van der Waals surface area contributed by atoms with Crippen LogP contribution < -0.4 is 10.1 Å². The van der Waals surface area contributed by atoms with E-state index in [9.17, 15) is 5.26 Å². The molecule has 3 rings (SSSR count). The van der Waals surface area contributed by atoms with Crippen LogP contribution in [0.1, 0.15) is 11.1 Å². The van der Waals surface area contributed by atoms with E-state index in [1.54, 1.807) is 31.5 Å². The maximum absolute atomic E-state index is 9.42. The van der Waals surface area contributed by atoms with Crippen LogP contribution in [0.15, 0.2) is 42.6 Å². The third kappa shape index (κ3) is 3.38. The number of ether oxygens (including phenoxy) is 1. The van der Waals surface area contributed by atoms with E-state index in [1.807, 2.05) is 25.1 Å². The third-order valence-electron chi connectivity index (χ3n) is 3.57. The predicted molar refractivity (Wildman–Crippen MR) is 99.7 cm³/mol. The van der Waals surface area contributed by atoms with E-state index in [2.05, 4.69) is 16.4 Å². The maximum atomic E-state index is 9.42. The van der Waals surface area contributed by atoms with Gasteiger partial charge in [-0.25, -0.2) is 0 Å². The van der Waals surface area contributed by atoms with Crippen molar-refractivity contribution in [3.8, 4) is 11.8 Å². The molecule has 0 saturated carbocycles. The number of hydrogen-bond donors (Lipinski definition) is 1. The molecule has 1 heterocycles. The summed E-state index contributed by atoms with van der Waals surface area (Å²) < 4.78 is 5.36. The number of nitrogens with one attached hydrogen (secondary N) is 1. The molecule has 0 spiro atoms. The molecular formula is C18H15Cl2N3O. The van der Waals surface area contributed by atoms with Gasteiger partial charge in [0.15, 0.2) is 0 Å². The molecule has 0 fully saturated rings. The van der Waals surface area contributed by atoms with Crippen molar-refractivity contribution in [3.63, 3.8) is 0 Å². The second-order valence-corrected chi connectivity index (χ2v) is 5.59. The topological polar surface area (TPSA) is 57.9 Å². The van der Waals surface area contributed by atoms with Gasteiger partial charge in [0.25, 0.3) is 0 Å². The highest BCUT2D eigenvalue weighted by Gasteiger charge is 2.12. The molecule has 0 atom stereocenters. The quantitative estimate of drug-likeness (QED) is 0.694. The second-order valence-electron chi connectivity index (χ2n) is 5.15. The van der Waals surface area contributed by atoms with Crippen LogP contribution in [0.25, 0.3) is 10.9 Å². The first-order chi connectivity index (χ1) is 11.1. The van der Waals surface area contributed by atoms with Crippen LogP contribution in [0.4, 0.5) is 11.4 Å². The number of methoxy groups -OCH3 is 1. The van der Waals surface area contributed by atoms with Gasteiger partial charge in [-0.15, -0.1) is 12.4 Å². The summed E-state index contributed by atoms with van der Waals surface area (Å²) in [6.07, 6.45) is 1.57. The summed E-state index contributed by atoms with van der Waals surface area (Å²) in [5, 5.41) is 14.2. The first-order valence-corrected chi connectivity index (χ1v) is 7.40. The zero-order valence-corrected chi connectivity index (χ0v) is 14.7. The minimum Gasteiger partial charge on any atom is -0.495 e. The van der Waals surface area contributed by atoms with Gasteiger partial charge in [0, 0.05) is 16.6 Å². The predicted octanol–water partition coefficient (Wildman–Crippen LogP) is 5.24. The van der Waals surface area contributed by atoms with Gasteiger partial charge in [-0.1, -0.05) is 23.2 Å². The van der Waals surface area contributed by atoms with Gasteiger partial charge in [-0.05, 0) is 37.3 Å². The molecule has 1 aromatic heterocycles.